The highest BCUT2D eigenvalue weighted by Gasteiger charge is 2.19. The van der Waals surface area contributed by atoms with E-state index in [2.05, 4.69) is 10.3 Å². The van der Waals surface area contributed by atoms with Crippen LogP contribution in [0.1, 0.15) is 11.3 Å². The number of rotatable bonds is 5. The zero-order valence-electron chi connectivity index (χ0n) is 15.3. The Morgan fingerprint density at radius 1 is 1.14 bits per heavy atom. The largest absolute Gasteiger partial charge is 0.467 e. The summed E-state index contributed by atoms with van der Waals surface area (Å²) in [5.74, 6) is 1.19. The standard InChI is InChI=1S/C19H18ClN5O3/c1-23-16-15(17(26)24(2)19(23)27)25(11-12-5-3-6-13(20)9-12)18(22-16)21-10-14-7-4-8-28-14/h3-9H,10-11H2,1-2H3,(H,21,22). The summed E-state index contributed by atoms with van der Waals surface area (Å²) in [6, 6.07) is 11.0. The van der Waals surface area contributed by atoms with Gasteiger partial charge in [0.1, 0.15) is 5.76 Å². The van der Waals surface area contributed by atoms with Gasteiger partial charge in [-0.3, -0.25) is 18.5 Å². The molecule has 28 heavy (non-hydrogen) atoms. The predicted octanol–water partition coefficient (Wildman–Crippen LogP) is 2.34. The average Bonchev–Trinajstić information content (AvgIpc) is 3.31. The van der Waals surface area contributed by atoms with Crippen LogP contribution >= 0.6 is 11.6 Å². The number of aryl methyl sites for hydroxylation is 1. The Morgan fingerprint density at radius 3 is 2.68 bits per heavy atom. The van der Waals surface area contributed by atoms with Crippen molar-refractivity contribution in [2.24, 2.45) is 14.1 Å². The lowest BCUT2D eigenvalue weighted by atomic mass is 10.2. The van der Waals surface area contributed by atoms with Crippen molar-refractivity contribution in [2.45, 2.75) is 13.1 Å². The van der Waals surface area contributed by atoms with Crippen molar-refractivity contribution in [3.8, 4) is 0 Å². The Kier molecular flexibility index (Phi) is 4.56. The van der Waals surface area contributed by atoms with Crippen molar-refractivity contribution in [2.75, 3.05) is 5.32 Å². The Labute approximate surface area is 164 Å². The van der Waals surface area contributed by atoms with E-state index in [9.17, 15) is 9.59 Å². The number of hydrogen-bond acceptors (Lipinski definition) is 5. The Balaban J connectivity index is 1.88. The van der Waals surface area contributed by atoms with Crippen LogP contribution in [0.2, 0.25) is 5.02 Å². The Hall–Kier alpha value is -3.26. The van der Waals surface area contributed by atoms with Gasteiger partial charge in [0, 0.05) is 19.1 Å². The molecule has 0 aliphatic rings. The minimum atomic E-state index is -0.428. The van der Waals surface area contributed by atoms with Gasteiger partial charge in [0.25, 0.3) is 5.56 Å². The molecular weight excluding hydrogens is 382 g/mol. The number of aromatic nitrogens is 4. The summed E-state index contributed by atoms with van der Waals surface area (Å²) < 4.78 is 9.55. The van der Waals surface area contributed by atoms with Gasteiger partial charge >= 0.3 is 5.69 Å². The molecule has 0 atom stereocenters. The number of anilines is 1. The molecular formula is C19H18ClN5O3. The van der Waals surface area contributed by atoms with E-state index in [0.717, 1.165) is 15.9 Å². The smallest absolute Gasteiger partial charge is 0.332 e. The van der Waals surface area contributed by atoms with Crippen LogP contribution in [0.5, 0.6) is 0 Å². The van der Waals surface area contributed by atoms with Gasteiger partial charge in [0.15, 0.2) is 11.2 Å². The van der Waals surface area contributed by atoms with Gasteiger partial charge in [0.05, 0.1) is 19.4 Å². The van der Waals surface area contributed by atoms with E-state index in [1.54, 1.807) is 30.0 Å². The first-order valence-corrected chi connectivity index (χ1v) is 9.00. The fourth-order valence-corrected chi connectivity index (χ4v) is 3.35. The second-order valence-electron chi connectivity index (χ2n) is 6.46. The van der Waals surface area contributed by atoms with Crippen LogP contribution in [-0.4, -0.2) is 18.7 Å². The lowest BCUT2D eigenvalue weighted by Crippen LogP contribution is -2.37. The molecule has 0 unspecified atom stereocenters. The molecule has 0 aliphatic carbocycles. The lowest BCUT2D eigenvalue weighted by Gasteiger charge is -2.11. The molecule has 1 N–H and O–H groups in total. The van der Waals surface area contributed by atoms with Gasteiger partial charge in [-0.25, -0.2) is 4.79 Å². The molecule has 0 amide bonds. The van der Waals surface area contributed by atoms with Gasteiger partial charge in [0.2, 0.25) is 5.95 Å². The highest BCUT2D eigenvalue weighted by Crippen LogP contribution is 2.20. The second-order valence-corrected chi connectivity index (χ2v) is 6.90. The molecule has 4 aromatic rings. The maximum atomic E-state index is 12.8. The number of furan rings is 1. The molecule has 0 saturated carbocycles. The monoisotopic (exact) mass is 399 g/mol. The third-order valence-corrected chi connectivity index (χ3v) is 4.81. The summed E-state index contributed by atoms with van der Waals surface area (Å²) in [5, 5.41) is 3.80. The molecule has 9 heteroatoms. The summed E-state index contributed by atoms with van der Waals surface area (Å²) in [4.78, 5) is 29.7. The van der Waals surface area contributed by atoms with Gasteiger partial charge in [-0.15, -0.1) is 0 Å². The molecule has 144 valence electrons. The molecule has 0 spiro atoms. The first-order valence-electron chi connectivity index (χ1n) is 8.62. The molecule has 8 nitrogen and oxygen atoms in total. The van der Waals surface area contributed by atoms with Crippen molar-refractivity contribution in [1.29, 1.82) is 0 Å². The fourth-order valence-electron chi connectivity index (χ4n) is 3.13. The van der Waals surface area contributed by atoms with E-state index in [-0.39, 0.29) is 0 Å². The van der Waals surface area contributed by atoms with Crippen LogP contribution in [0.15, 0.2) is 56.7 Å². The molecule has 3 heterocycles. The van der Waals surface area contributed by atoms with Gasteiger partial charge in [-0.1, -0.05) is 23.7 Å². The summed E-state index contributed by atoms with van der Waals surface area (Å²) in [7, 11) is 3.05. The summed E-state index contributed by atoms with van der Waals surface area (Å²) in [6.07, 6.45) is 1.59. The SMILES string of the molecule is Cn1c(=O)c2c(nc(NCc3ccco3)n2Cc2cccc(Cl)c2)n(C)c1=O. The number of benzene rings is 1. The first-order chi connectivity index (χ1) is 13.5. The Bertz CT molecular complexity index is 1270. The van der Waals surface area contributed by atoms with Gasteiger partial charge in [-0.2, -0.15) is 4.98 Å². The predicted molar refractivity (Wildman–Crippen MR) is 107 cm³/mol. The highest BCUT2D eigenvalue weighted by atomic mass is 35.5. The number of hydrogen-bond donors (Lipinski definition) is 1. The minimum Gasteiger partial charge on any atom is -0.467 e. The van der Waals surface area contributed by atoms with Crippen molar-refractivity contribution in [3.05, 3.63) is 79.8 Å². The van der Waals surface area contributed by atoms with Gasteiger partial charge < -0.3 is 9.73 Å². The molecule has 0 radical (unpaired) electrons. The molecule has 1 aromatic carbocycles. The molecule has 0 fully saturated rings. The number of halogens is 1. The fraction of sp³-hybridized carbons (Fsp3) is 0.211. The van der Waals surface area contributed by atoms with E-state index in [0.29, 0.717) is 35.2 Å². The number of fused-ring (bicyclic) bond motifs is 1. The van der Waals surface area contributed by atoms with Crippen molar-refractivity contribution >= 4 is 28.7 Å². The number of nitrogens with zero attached hydrogens (tertiary/aromatic N) is 4. The van der Waals surface area contributed by atoms with E-state index < -0.39 is 11.2 Å². The normalized spacial score (nSPS) is 11.2. The van der Waals surface area contributed by atoms with Crippen molar-refractivity contribution in [1.82, 2.24) is 18.7 Å². The second kappa shape index (κ2) is 7.05. The number of imidazole rings is 1. The minimum absolute atomic E-state index is 0.317. The van der Waals surface area contributed by atoms with Crippen LogP contribution in [0.3, 0.4) is 0 Å². The van der Waals surface area contributed by atoms with Crippen LogP contribution in [0.4, 0.5) is 5.95 Å². The van der Waals surface area contributed by atoms with Crippen molar-refractivity contribution in [3.63, 3.8) is 0 Å². The molecule has 0 saturated heterocycles. The van der Waals surface area contributed by atoms with Crippen LogP contribution in [0, 0.1) is 0 Å². The molecule has 4 rings (SSSR count). The Morgan fingerprint density at radius 2 is 1.96 bits per heavy atom. The average molecular weight is 400 g/mol. The van der Waals surface area contributed by atoms with Crippen LogP contribution in [-0.2, 0) is 27.2 Å². The van der Waals surface area contributed by atoms with E-state index in [1.807, 2.05) is 24.3 Å². The zero-order valence-corrected chi connectivity index (χ0v) is 16.1. The van der Waals surface area contributed by atoms with E-state index >= 15 is 0 Å². The summed E-state index contributed by atoms with van der Waals surface area (Å²) >= 11 is 6.11. The molecule has 0 aliphatic heterocycles. The third kappa shape index (κ3) is 3.11. The maximum Gasteiger partial charge on any atom is 0.332 e. The van der Waals surface area contributed by atoms with E-state index in [1.165, 1.54) is 11.6 Å². The first kappa shape index (κ1) is 18.1. The molecule has 3 aromatic heterocycles. The third-order valence-electron chi connectivity index (χ3n) is 4.58. The quantitative estimate of drug-likeness (QED) is 0.556. The van der Waals surface area contributed by atoms with Crippen molar-refractivity contribution < 1.29 is 4.42 Å². The molecule has 0 bridgehead atoms. The zero-order chi connectivity index (χ0) is 19.8. The van der Waals surface area contributed by atoms with Crippen LogP contribution in [0.25, 0.3) is 11.2 Å². The highest BCUT2D eigenvalue weighted by molar-refractivity contribution is 6.30. The summed E-state index contributed by atoms with van der Waals surface area (Å²) in [6.45, 7) is 0.755. The number of nitrogens with one attached hydrogen (secondary N) is 1. The topological polar surface area (TPSA) is 87.0 Å². The maximum absolute atomic E-state index is 12.8. The lowest BCUT2D eigenvalue weighted by molar-refractivity contribution is 0.517. The van der Waals surface area contributed by atoms with E-state index in [4.69, 9.17) is 16.0 Å². The van der Waals surface area contributed by atoms with Gasteiger partial charge in [-0.05, 0) is 29.8 Å². The van der Waals surface area contributed by atoms with Crippen LogP contribution < -0.4 is 16.6 Å². The summed E-state index contributed by atoms with van der Waals surface area (Å²) in [5.41, 5.74) is 0.730.